The summed E-state index contributed by atoms with van der Waals surface area (Å²) in [6.07, 6.45) is 0. The molecule has 50 heavy (non-hydrogen) atoms. The van der Waals surface area contributed by atoms with Crippen molar-refractivity contribution in [3.8, 4) is 22.3 Å². The summed E-state index contributed by atoms with van der Waals surface area (Å²) < 4.78 is 15.7. The van der Waals surface area contributed by atoms with Crippen LogP contribution in [0, 0.1) is 0 Å². The summed E-state index contributed by atoms with van der Waals surface area (Å²) in [5, 5.41) is 2.42. The zero-order valence-electron chi connectivity index (χ0n) is 29.5. The van der Waals surface area contributed by atoms with Crippen LogP contribution in [0.2, 0.25) is 0 Å². The van der Waals surface area contributed by atoms with Gasteiger partial charge in [-0.05, 0) is 115 Å². The van der Waals surface area contributed by atoms with Crippen molar-refractivity contribution in [1.82, 2.24) is 0 Å². The first-order valence-electron chi connectivity index (χ1n) is 17.5. The molecule has 9 rings (SSSR count). The molecule has 2 aliphatic rings. The second-order valence-corrected chi connectivity index (χ2v) is 16.3. The minimum absolute atomic E-state index is 0.101. The van der Waals surface area contributed by atoms with Gasteiger partial charge in [0.1, 0.15) is 0 Å². The molecule has 1 aromatic heterocycles. The fraction of sp³-hybridized carbons (Fsp3) is 0.200. The van der Waals surface area contributed by atoms with Gasteiger partial charge in [-0.15, -0.1) is 11.3 Å². The van der Waals surface area contributed by atoms with E-state index in [1.807, 2.05) is 11.3 Å². The number of benzene rings is 6. The van der Waals surface area contributed by atoms with E-state index in [-0.39, 0.29) is 5.41 Å². The lowest BCUT2D eigenvalue weighted by molar-refractivity contribution is 0.00578. The standard InChI is InChI=1S/C45H40BNO2S/c1-43(2)37-16-11-10-15-34(37)35-25-23-33(28-38(35)43)47(31-21-19-30(20-22-31)29-13-8-7-9-14-29)32-24-26-40-36(27-32)42-39(17-12-18-41(42)50-40)46-48-44(3,4)45(5,6)49-46/h7-28H,1-6H3. The van der Waals surface area contributed by atoms with Gasteiger partial charge in [-0.25, -0.2) is 0 Å². The number of anilines is 3. The zero-order valence-corrected chi connectivity index (χ0v) is 30.3. The fourth-order valence-corrected chi connectivity index (χ4v) is 8.98. The Labute approximate surface area is 299 Å². The second kappa shape index (κ2) is 11.2. The number of hydrogen-bond acceptors (Lipinski definition) is 4. The van der Waals surface area contributed by atoms with Crippen LogP contribution in [0.25, 0.3) is 42.4 Å². The van der Waals surface area contributed by atoms with Crippen LogP contribution in [0.1, 0.15) is 52.7 Å². The Morgan fingerprint density at radius 1 is 0.520 bits per heavy atom. The Morgan fingerprint density at radius 2 is 1.14 bits per heavy atom. The summed E-state index contributed by atoms with van der Waals surface area (Å²) in [7, 11) is -0.438. The van der Waals surface area contributed by atoms with Gasteiger partial charge in [0.05, 0.1) is 11.2 Å². The Kier molecular flexibility index (Phi) is 6.99. The number of nitrogens with zero attached hydrogens (tertiary/aromatic N) is 1. The van der Waals surface area contributed by atoms with E-state index in [9.17, 15) is 0 Å². The molecule has 0 spiro atoms. The summed E-state index contributed by atoms with van der Waals surface area (Å²) in [5.41, 5.74) is 11.3. The third kappa shape index (κ3) is 4.79. The molecule has 2 heterocycles. The minimum atomic E-state index is -0.438. The number of rotatable bonds is 5. The lowest BCUT2D eigenvalue weighted by Crippen LogP contribution is -2.41. The smallest absolute Gasteiger partial charge is 0.399 e. The van der Waals surface area contributed by atoms with E-state index in [1.54, 1.807) is 0 Å². The zero-order chi connectivity index (χ0) is 34.4. The molecular weight excluding hydrogens is 629 g/mol. The Morgan fingerprint density at radius 3 is 1.90 bits per heavy atom. The van der Waals surface area contributed by atoms with Crippen LogP contribution in [0.5, 0.6) is 0 Å². The summed E-state index contributed by atoms with van der Waals surface area (Å²) in [5.74, 6) is 0. The molecule has 1 saturated heterocycles. The molecule has 5 heteroatoms. The van der Waals surface area contributed by atoms with Crippen LogP contribution >= 0.6 is 11.3 Å². The molecule has 0 amide bonds. The van der Waals surface area contributed by atoms with E-state index >= 15 is 0 Å². The summed E-state index contributed by atoms with van der Waals surface area (Å²) >= 11 is 1.83. The van der Waals surface area contributed by atoms with Gasteiger partial charge in [-0.3, -0.25) is 0 Å². The van der Waals surface area contributed by atoms with Gasteiger partial charge in [0, 0.05) is 42.6 Å². The van der Waals surface area contributed by atoms with Crippen LogP contribution in [-0.4, -0.2) is 18.3 Å². The lowest BCUT2D eigenvalue weighted by atomic mass is 9.76. The molecule has 1 fully saturated rings. The van der Waals surface area contributed by atoms with Crippen LogP contribution in [0.3, 0.4) is 0 Å². The molecule has 0 radical (unpaired) electrons. The summed E-state index contributed by atoms with van der Waals surface area (Å²) in [6, 6.07) is 48.9. The molecule has 1 aliphatic carbocycles. The first-order chi connectivity index (χ1) is 24.0. The molecule has 0 unspecified atom stereocenters. The van der Waals surface area contributed by atoms with Gasteiger partial charge >= 0.3 is 7.12 Å². The van der Waals surface area contributed by atoms with Crippen molar-refractivity contribution in [1.29, 1.82) is 0 Å². The van der Waals surface area contributed by atoms with Gasteiger partial charge in [0.15, 0.2) is 0 Å². The molecule has 246 valence electrons. The molecule has 7 aromatic rings. The van der Waals surface area contributed by atoms with E-state index in [2.05, 4.69) is 180 Å². The van der Waals surface area contributed by atoms with Crippen molar-refractivity contribution < 1.29 is 9.31 Å². The van der Waals surface area contributed by atoms with Crippen LogP contribution in [-0.2, 0) is 14.7 Å². The summed E-state index contributed by atoms with van der Waals surface area (Å²) in [4.78, 5) is 2.41. The van der Waals surface area contributed by atoms with Crippen molar-refractivity contribution in [3.05, 3.63) is 145 Å². The van der Waals surface area contributed by atoms with Crippen LogP contribution < -0.4 is 10.4 Å². The first kappa shape index (κ1) is 31.3. The highest BCUT2D eigenvalue weighted by Crippen LogP contribution is 2.51. The van der Waals surface area contributed by atoms with Crippen LogP contribution in [0.4, 0.5) is 17.1 Å². The molecule has 0 atom stereocenters. The fourth-order valence-electron chi connectivity index (χ4n) is 7.86. The second-order valence-electron chi connectivity index (χ2n) is 15.2. The van der Waals surface area contributed by atoms with Crippen molar-refractivity contribution in [2.24, 2.45) is 0 Å². The number of hydrogen-bond donors (Lipinski definition) is 0. The Balaban J connectivity index is 1.22. The molecule has 6 aromatic carbocycles. The van der Waals surface area contributed by atoms with Crippen molar-refractivity contribution in [2.75, 3.05) is 4.90 Å². The van der Waals surface area contributed by atoms with Crippen LogP contribution in [0.15, 0.2) is 133 Å². The maximum absolute atomic E-state index is 6.60. The largest absolute Gasteiger partial charge is 0.495 e. The molecular formula is C45H40BNO2S. The lowest BCUT2D eigenvalue weighted by Gasteiger charge is -2.32. The van der Waals surface area contributed by atoms with Gasteiger partial charge in [0.25, 0.3) is 0 Å². The normalized spacial score (nSPS) is 16.9. The van der Waals surface area contributed by atoms with E-state index in [4.69, 9.17) is 9.31 Å². The molecule has 0 saturated carbocycles. The average molecular weight is 670 g/mol. The molecule has 0 bridgehead atoms. The first-order valence-corrected chi connectivity index (χ1v) is 18.3. The van der Waals surface area contributed by atoms with Gasteiger partial charge in [0.2, 0.25) is 0 Å². The van der Waals surface area contributed by atoms with Gasteiger partial charge < -0.3 is 14.2 Å². The third-order valence-corrected chi connectivity index (χ3v) is 12.5. The molecule has 1 aliphatic heterocycles. The topological polar surface area (TPSA) is 21.7 Å². The SMILES string of the molecule is CC1(C)c2ccccc2-c2ccc(N(c3ccc(-c4ccccc4)cc3)c3ccc4sc5cccc(B6OC(C)(C)C(C)(C)O6)c5c4c3)cc21. The highest BCUT2D eigenvalue weighted by Gasteiger charge is 2.52. The Bertz CT molecular complexity index is 2410. The number of fused-ring (bicyclic) bond motifs is 6. The van der Waals surface area contributed by atoms with Crippen molar-refractivity contribution in [2.45, 2.75) is 58.2 Å². The number of thiophene rings is 1. The average Bonchev–Trinajstić information content (AvgIpc) is 3.68. The van der Waals surface area contributed by atoms with Crippen molar-refractivity contribution >= 4 is 61.2 Å². The quantitative estimate of drug-likeness (QED) is 0.170. The van der Waals surface area contributed by atoms with E-state index in [0.717, 1.165) is 22.5 Å². The maximum atomic E-state index is 6.60. The molecule has 3 nitrogen and oxygen atoms in total. The van der Waals surface area contributed by atoms with E-state index in [1.165, 1.54) is 53.6 Å². The van der Waals surface area contributed by atoms with Gasteiger partial charge in [-0.2, -0.15) is 0 Å². The van der Waals surface area contributed by atoms with E-state index in [0.29, 0.717) is 0 Å². The third-order valence-electron chi connectivity index (χ3n) is 11.3. The van der Waals surface area contributed by atoms with Gasteiger partial charge in [-0.1, -0.05) is 98.8 Å². The highest BCUT2D eigenvalue weighted by molar-refractivity contribution is 7.26. The summed E-state index contributed by atoms with van der Waals surface area (Å²) in [6.45, 7) is 13.2. The monoisotopic (exact) mass is 669 g/mol. The molecule has 0 N–H and O–H groups in total. The minimum Gasteiger partial charge on any atom is -0.399 e. The predicted molar refractivity (Wildman–Crippen MR) is 213 cm³/mol. The highest BCUT2D eigenvalue weighted by atomic mass is 32.1. The van der Waals surface area contributed by atoms with E-state index < -0.39 is 18.3 Å². The Hall–Kier alpha value is -4.68. The van der Waals surface area contributed by atoms with Crippen molar-refractivity contribution in [3.63, 3.8) is 0 Å². The predicted octanol–water partition coefficient (Wildman–Crippen LogP) is 11.8. The maximum Gasteiger partial charge on any atom is 0.495 e.